The highest BCUT2D eigenvalue weighted by Crippen LogP contribution is 2.40. The van der Waals surface area contributed by atoms with Crippen LogP contribution >= 0.6 is 0 Å². The van der Waals surface area contributed by atoms with E-state index in [9.17, 15) is 87.5 Å². The van der Waals surface area contributed by atoms with Crippen molar-refractivity contribution >= 4 is 59.8 Å². The van der Waals surface area contributed by atoms with Gasteiger partial charge in [-0.1, -0.05) is 168 Å². The second-order valence-electron chi connectivity index (χ2n) is 34.6. The van der Waals surface area contributed by atoms with Crippen LogP contribution in [0.25, 0.3) is 0 Å². The molecule has 0 bridgehead atoms. The number of halogens is 9. The Kier molecular flexibility index (Phi) is 32.6. The Morgan fingerprint density at radius 3 is 1.18 bits per heavy atom. The number of nitrogens with two attached hydrogens (primary N) is 2. The molecule has 10 amide bonds. The number of benzene rings is 7. The number of unbranched alkanes of at least 4 members (excludes halogenated alkanes) is 2. The zero-order chi connectivity index (χ0) is 95.0. The van der Waals surface area contributed by atoms with Gasteiger partial charge in [0.25, 0.3) is 0 Å². The zero-order valence-electron chi connectivity index (χ0n) is 74.2. The molecule has 7 aliphatic rings. The predicted molar refractivity (Wildman–Crippen MR) is 467 cm³/mol. The monoisotopic (exact) mass is 1840 g/mol. The smallest absolute Gasteiger partial charge is 0.416 e. The van der Waals surface area contributed by atoms with E-state index in [0.29, 0.717) is 100 Å². The first kappa shape index (κ1) is 98.5. The lowest BCUT2D eigenvalue weighted by molar-refractivity contribution is -0.173. The van der Waals surface area contributed by atoms with Gasteiger partial charge >= 0.3 is 42.9 Å². The van der Waals surface area contributed by atoms with Crippen LogP contribution in [0.15, 0.2) is 183 Å². The summed E-state index contributed by atoms with van der Waals surface area (Å²) < 4.78 is 142. The number of carbonyl (C=O) groups excluding carboxylic acids is 10. The largest absolute Gasteiger partial charge is 0.445 e. The summed E-state index contributed by atoms with van der Waals surface area (Å²) >= 11 is 0. The lowest BCUT2D eigenvalue weighted by Crippen LogP contribution is -2.75. The number of carbonyl (C=O) groups is 10. The van der Waals surface area contributed by atoms with Gasteiger partial charge in [0.05, 0.1) is 54.7 Å². The Labute approximate surface area is 760 Å². The molecule has 1 aliphatic carbocycles. The quantitative estimate of drug-likeness (QED) is 0.0186. The van der Waals surface area contributed by atoms with Crippen LogP contribution in [0.3, 0.4) is 0 Å². The number of piperazine rings is 3. The van der Waals surface area contributed by atoms with Crippen molar-refractivity contribution in [3.63, 3.8) is 0 Å². The molecule has 7 fully saturated rings. The maximum Gasteiger partial charge on any atom is 0.416 e. The standard InChI is InChI=1S/C36H41F3N4O4.C32H39F3N4O4.C29H31F3N4O6/c1-24-11-13-26(14-12-24)18-29-21-42(35(46)47-23-28-16-25(2)17-30(19-28)36(37,38)39)32-22-41(20-27-8-4-3-5-9-27)34(45)31(10-6-7-15-40)43(32)33(29)44;1-21-13-24(16-26(14-21)32(33,34)35)20-43-31(42)38-18-25(15-22-7-3-2-4-8-22)29(40)39-27(9-5-6-12-36)30(41)37(19-28(38)39)17-23-10-11-23;1-4-10-41-27(39)33-23-15-35(28(40)42-17-21-11-18(2)12-22(13-21)29(30,31)32)24-16-34(14-20-8-6-5-7-9-20)25(37)19(3)36(24)26(23)38/h3-5,8-9,11-14,16-17,19,29,31-32H,6-7,10,15,18,20-23,40H2,1-2H3;2-4,7-8,13-14,16,23,25,27-28H,5-6,9-12,15,17-20,36H2,1H3;4-9,11-13,19,23-24H,1,10,14-17H2,2-3H3,(H,33,39)/t29-,31-,32+;25-,27+,28-;19-,23-,24+/m010/s1. The third-order valence-electron chi connectivity index (χ3n) is 24.3. The van der Waals surface area contributed by atoms with Crippen LogP contribution < -0.4 is 16.8 Å². The highest BCUT2D eigenvalue weighted by Gasteiger charge is 2.56. The topological polar surface area (TPSA) is 301 Å². The number of alkyl carbamates (subject to hydrolysis) is 1. The van der Waals surface area contributed by atoms with Crippen molar-refractivity contribution in [2.45, 2.75) is 193 Å². The first-order chi connectivity index (χ1) is 62.9. The molecular formula is C97H111F9N12O14. The molecule has 132 heavy (non-hydrogen) atoms. The van der Waals surface area contributed by atoms with E-state index in [-0.39, 0.29) is 112 Å². The average Bonchev–Trinajstić information content (AvgIpc) is 0.787. The van der Waals surface area contributed by atoms with E-state index in [2.05, 4.69) is 11.9 Å². The third-order valence-corrected chi connectivity index (χ3v) is 24.3. The summed E-state index contributed by atoms with van der Waals surface area (Å²) in [5.41, 5.74) is 15.3. The summed E-state index contributed by atoms with van der Waals surface area (Å²) in [5.74, 6) is -2.48. The van der Waals surface area contributed by atoms with Gasteiger partial charge < -0.3 is 65.1 Å². The van der Waals surface area contributed by atoms with Crippen LogP contribution in [0.5, 0.6) is 0 Å². The number of aryl methyl sites for hydroxylation is 4. The Morgan fingerprint density at radius 1 is 0.417 bits per heavy atom. The fourth-order valence-corrected chi connectivity index (χ4v) is 17.8. The molecule has 14 rings (SSSR count). The van der Waals surface area contributed by atoms with Gasteiger partial charge in [-0.3, -0.25) is 43.5 Å². The lowest BCUT2D eigenvalue weighted by Gasteiger charge is -2.53. The number of rotatable bonds is 27. The number of amides is 10. The predicted octanol–water partition coefficient (Wildman–Crippen LogP) is 14.4. The highest BCUT2D eigenvalue weighted by atomic mass is 19.4. The molecule has 35 heteroatoms. The highest BCUT2D eigenvalue weighted by molar-refractivity contribution is 5.95. The van der Waals surface area contributed by atoms with Crippen molar-refractivity contribution in [3.8, 4) is 0 Å². The molecule has 26 nitrogen and oxygen atoms in total. The van der Waals surface area contributed by atoms with Crippen LogP contribution in [0, 0.1) is 45.4 Å². The molecule has 9 atom stereocenters. The molecule has 5 N–H and O–H groups in total. The van der Waals surface area contributed by atoms with Gasteiger partial charge in [0.1, 0.15) is 69.1 Å². The van der Waals surface area contributed by atoms with E-state index >= 15 is 0 Å². The minimum atomic E-state index is -4.58. The van der Waals surface area contributed by atoms with Gasteiger partial charge in [-0.15, -0.1) is 0 Å². The van der Waals surface area contributed by atoms with Gasteiger partial charge in [-0.2, -0.15) is 39.5 Å². The number of nitrogens with zero attached hydrogens (tertiary/aromatic N) is 9. The van der Waals surface area contributed by atoms with Crippen LogP contribution in [0.4, 0.5) is 58.7 Å². The van der Waals surface area contributed by atoms with Gasteiger partial charge in [0.15, 0.2) is 0 Å². The summed E-state index contributed by atoms with van der Waals surface area (Å²) in [4.78, 5) is 150. The average molecular weight is 1840 g/mol. The van der Waals surface area contributed by atoms with Crippen molar-refractivity contribution in [2.24, 2.45) is 29.2 Å². The summed E-state index contributed by atoms with van der Waals surface area (Å²) in [6.45, 7) is 12.2. The van der Waals surface area contributed by atoms with Crippen LogP contribution in [-0.2, 0) is 112 Å². The summed E-state index contributed by atoms with van der Waals surface area (Å²) in [5, 5.41) is 2.41. The van der Waals surface area contributed by atoms with Crippen LogP contribution in [-0.4, -0.2) is 212 Å². The van der Waals surface area contributed by atoms with Crippen LogP contribution in [0.1, 0.15) is 136 Å². The van der Waals surface area contributed by atoms with Gasteiger partial charge in [-0.25, -0.2) is 19.2 Å². The molecule has 0 aromatic heterocycles. The molecule has 0 radical (unpaired) electrons. The molecule has 7 aromatic carbocycles. The van der Waals surface area contributed by atoms with Crippen molar-refractivity contribution < 1.29 is 106 Å². The number of alkyl halides is 9. The van der Waals surface area contributed by atoms with Crippen LogP contribution in [0.2, 0.25) is 0 Å². The Hall–Kier alpha value is -12.5. The summed E-state index contributed by atoms with van der Waals surface area (Å²) in [7, 11) is 0. The zero-order valence-corrected chi connectivity index (χ0v) is 74.2. The first-order valence-electron chi connectivity index (χ1n) is 44.2. The van der Waals surface area contributed by atoms with Gasteiger partial charge in [-0.05, 0) is 193 Å². The van der Waals surface area contributed by atoms with Crippen molar-refractivity contribution in [1.29, 1.82) is 0 Å². The number of fused-ring (bicyclic) bond motifs is 3. The van der Waals surface area contributed by atoms with Gasteiger partial charge in [0.2, 0.25) is 35.4 Å². The second-order valence-corrected chi connectivity index (χ2v) is 34.6. The van der Waals surface area contributed by atoms with E-state index < -0.39 is 127 Å². The molecule has 706 valence electrons. The minimum absolute atomic E-state index is 0.0389. The lowest BCUT2D eigenvalue weighted by atomic mass is 9.90. The van der Waals surface area contributed by atoms with E-state index in [4.69, 9.17) is 30.4 Å². The van der Waals surface area contributed by atoms with E-state index in [1.165, 1.54) is 50.5 Å². The molecule has 6 heterocycles. The van der Waals surface area contributed by atoms with Crippen molar-refractivity contribution in [2.75, 3.05) is 65.5 Å². The number of hydrogen-bond acceptors (Lipinski definition) is 16. The normalized spacial score (nSPS) is 21.0. The fourth-order valence-electron chi connectivity index (χ4n) is 17.8. The molecule has 1 saturated carbocycles. The van der Waals surface area contributed by atoms with E-state index in [0.717, 1.165) is 77.1 Å². The fraction of sp³-hybridized carbons (Fsp3) is 0.443. The first-order valence-corrected chi connectivity index (χ1v) is 44.2. The molecular weight excluding hydrogens is 1730 g/mol. The maximum atomic E-state index is 14.2. The number of nitrogens with one attached hydrogen (secondary N) is 1. The maximum absolute atomic E-state index is 14.2. The molecule has 6 aliphatic heterocycles. The molecule has 0 spiro atoms. The summed E-state index contributed by atoms with van der Waals surface area (Å²) in [6.07, 6.45) is -11.9. The Bertz CT molecular complexity index is 5250. The van der Waals surface area contributed by atoms with Crippen molar-refractivity contribution in [3.05, 3.63) is 260 Å². The molecule has 6 saturated heterocycles. The Balaban J connectivity index is 0.000000179. The minimum Gasteiger partial charge on any atom is -0.445 e. The summed E-state index contributed by atoms with van der Waals surface area (Å²) in [6, 6.07) is 42.6. The SMILES string of the molecule is C=CCOC(=O)N[C@H]1CN(C(=O)OCc2cc(C)cc(C(F)(F)F)c2)[C@H]2CN(Cc3ccccc3)C(=O)[C@H](C)N2C1=O.Cc1cc(COC(=O)N2C[C@@H](Cc3ccccc3)C(=O)N3[C@@H]2CN(CC2CC2)C(=O)[C@@H]3CCCCN)cc(C(F)(F)F)c1.Cc1ccc(C[C@H]2CN(C(=O)OCc3cc(C)cc(C(F)(F)F)c3)[C@H]3CN(Cc4ccccc4)C(=O)[C@H](CCCCN)N3C2=O)cc1. The number of ether oxygens (including phenoxy) is 4. The Morgan fingerprint density at radius 2 is 0.788 bits per heavy atom. The third kappa shape index (κ3) is 25.2. The van der Waals surface area contributed by atoms with Gasteiger partial charge in [0, 0.05) is 32.7 Å². The van der Waals surface area contributed by atoms with E-state index in [1.54, 1.807) is 45.6 Å². The number of hydrogen-bond donors (Lipinski definition) is 3. The van der Waals surface area contributed by atoms with Crippen molar-refractivity contribution in [1.82, 2.24) is 49.4 Å². The van der Waals surface area contributed by atoms with E-state index in [1.807, 2.05) is 122 Å². The molecule has 7 aromatic rings. The molecule has 0 unspecified atom stereocenters. The second kappa shape index (κ2) is 43.7.